The second-order valence-corrected chi connectivity index (χ2v) is 8.60. The van der Waals surface area contributed by atoms with Gasteiger partial charge >= 0.3 is 5.97 Å². The molecule has 2 aliphatic rings. The Labute approximate surface area is 130 Å². The number of piperidine rings is 1. The van der Waals surface area contributed by atoms with E-state index in [1.807, 2.05) is 6.26 Å². The molecular formula is C13H24N2O4S2. The molecule has 2 N–H and O–H groups in total. The fraction of sp³-hybridized carbons (Fsp3) is 0.923. The van der Waals surface area contributed by atoms with Gasteiger partial charge in [0.05, 0.1) is 0 Å². The predicted molar refractivity (Wildman–Crippen MR) is 83.6 cm³/mol. The molecule has 0 aromatic rings. The number of carboxylic acids is 1. The second-order valence-electron chi connectivity index (χ2n) is 5.80. The van der Waals surface area contributed by atoms with Crippen molar-refractivity contribution in [3.8, 4) is 0 Å². The van der Waals surface area contributed by atoms with Crippen LogP contribution in [0.5, 0.6) is 0 Å². The molecule has 1 aliphatic heterocycles. The van der Waals surface area contributed by atoms with Crippen LogP contribution in [0, 0.1) is 0 Å². The van der Waals surface area contributed by atoms with Gasteiger partial charge < -0.3 is 5.11 Å². The molecular weight excluding hydrogens is 312 g/mol. The van der Waals surface area contributed by atoms with Crippen LogP contribution >= 0.6 is 11.8 Å². The highest BCUT2D eigenvalue weighted by atomic mass is 32.2. The van der Waals surface area contributed by atoms with E-state index in [2.05, 4.69) is 4.72 Å². The minimum Gasteiger partial charge on any atom is -0.480 e. The molecule has 1 saturated heterocycles. The molecule has 0 bridgehead atoms. The molecule has 8 heteroatoms. The van der Waals surface area contributed by atoms with Crippen LogP contribution in [0.3, 0.4) is 0 Å². The van der Waals surface area contributed by atoms with Crippen molar-refractivity contribution in [1.82, 2.24) is 9.03 Å². The molecule has 2 rings (SSSR count). The van der Waals surface area contributed by atoms with Crippen molar-refractivity contribution in [2.24, 2.45) is 0 Å². The first-order valence-corrected chi connectivity index (χ1v) is 10.2. The predicted octanol–water partition coefficient (Wildman–Crippen LogP) is 1.43. The van der Waals surface area contributed by atoms with Crippen LogP contribution in [-0.4, -0.2) is 53.9 Å². The largest absolute Gasteiger partial charge is 0.480 e. The first-order valence-electron chi connectivity index (χ1n) is 7.48. The van der Waals surface area contributed by atoms with E-state index >= 15 is 0 Å². The number of hydrogen-bond donors (Lipinski definition) is 2. The summed E-state index contributed by atoms with van der Waals surface area (Å²) in [5, 5.41) is 9.71. The van der Waals surface area contributed by atoms with Crippen molar-refractivity contribution in [1.29, 1.82) is 0 Å². The normalized spacial score (nSPS) is 32.0. The van der Waals surface area contributed by atoms with Crippen molar-refractivity contribution < 1.29 is 18.3 Å². The van der Waals surface area contributed by atoms with Crippen LogP contribution < -0.4 is 4.72 Å². The lowest BCUT2D eigenvalue weighted by Gasteiger charge is -2.35. The molecule has 21 heavy (non-hydrogen) atoms. The maximum atomic E-state index is 12.5. The van der Waals surface area contributed by atoms with Crippen LogP contribution in [0.15, 0.2) is 0 Å². The van der Waals surface area contributed by atoms with Crippen LogP contribution in [0.25, 0.3) is 0 Å². The summed E-state index contributed by atoms with van der Waals surface area (Å²) in [5.41, 5.74) is 0. The Balaban J connectivity index is 2.04. The van der Waals surface area contributed by atoms with Crippen molar-refractivity contribution in [2.75, 3.05) is 12.8 Å². The smallest absolute Gasteiger partial charge is 0.322 e. The summed E-state index contributed by atoms with van der Waals surface area (Å²) in [6.07, 6.45) is 7.74. The van der Waals surface area contributed by atoms with Crippen LogP contribution in [-0.2, 0) is 15.0 Å². The fourth-order valence-electron chi connectivity index (χ4n) is 3.18. The molecule has 1 saturated carbocycles. The van der Waals surface area contributed by atoms with E-state index in [0.717, 1.165) is 42.8 Å². The molecule has 3 unspecified atom stereocenters. The van der Waals surface area contributed by atoms with E-state index in [9.17, 15) is 18.3 Å². The number of nitrogens with zero attached hydrogens (tertiary/aromatic N) is 1. The van der Waals surface area contributed by atoms with Gasteiger partial charge in [0.25, 0.3) is 10.2 Å². The van der Waals surface area contributed by atoms with Crippen molar-refractivity contribution in [3.05, 3.63) is 0 Å². The Morgan fingerprint density at radius 3 is 2.67 bits per heavy atom. The van der Waals surface area contributed by atoms with E-state index < -0.39 is 22.2 Å². The van der Waals surface area contributed by atoms with Crippen molar-refractivity contribution >= 4 is 27.9 Å². The topological polar surface area (TPSA) is 86.7 Å². The molecule has 0 aromatic carbocycles. The van der Waals surface area contributed by atoms with Gasteiger partial charge in [-0.25, -0.2) is 0 Å². The maximum absolute atomic E-state index is 12.5. The highest BCUT2D eigenvalue weighted by Crippen LogP contribution is 2.28. The van der Waals surface area contributed by atoms with Crippen LogP contribution in [0.4, 0.5) is 0 Å². The zero-order valence-electron chi connectivity index (χ0n) is 12.3. The summed E-state index contributed by atoms with van der Waals surface area (Å²) < 4.78 is 28.9. The van der Waals surface area contributed by atoms with Crippen LogP contribution in [0.2, 0.25) is 0 Å². The number of hydrogen-bond acceptors (Lipinski definition) is 4. The van der Waals surface area contributed by atoms with Gasteiger partial charge in [-0.2, -0.15) is 29.2 Å². The van der Waals surface area contributed by atoms with E-state index in [1.165, 1.54) is 0 Å². The molecule has 2 fully saturated rings. The fourth-order valence-corrected chi connectivity index (χ4v) is 5.68. The summed E-state index contributed by atoms with van der Waals surface area (Å²) in [6.45, 7) is 0.297. The number of rotatable bonds is 5. The third-order valence-electron chi connectivity index (χ3n) is 4.32. The Kier molecular flexibility index (Phi) is 5.93. The van der Waals surface area contributed by atoms with Gasteiger partial charge in [-0.05, 0) is 44.8 Å². The van der Waals surface area contributed by atoms with E-state index in [4.69, 9.17) is 0 Å². The van der Waals surface area contributed by atoms with Gasteiger partial charge in [0.1, 0.15) is 6.04 Å². The lowest BCUT2D eigenvalue weighted by molar-refractivity contribution is -0.142. The van der Waals surface area contributed by atoms with Crippen molar-refractivity contribution in [2.45, 2.75) is 62.3 Å². The molecule has 1 aliphatic carbocycles. The zero-order chi connectivity index (χ0) is 15.5. The van der Waals surface area contributed by atoms with Gasteiger partial charge in [-0.3, -0.25) is 4.79 Å². The lowest BCUT2D eigenvalue weighted by Crippen LogP contribution is -2.54. The molecule has 0 spiro atoms. The molecule has 0 amide bonds. The minimum absolute atomic E-state index is 0.0717. The molecule has 122 valence electrons. The Morgan fingerprint density at radius 2 is 2.00 bits per heavy atom. The summed E-state index contributed by atoms with van der Waals surface area (Å²) in [6, 6.07) is -0.992. The SMILES string of the molecule is CSC1CCCC(NS(=O)(=O)N2CCCCC2C(=O)O)C1. The standard InChI is InChI=1S/C13H24N2O4S2/c1-20-11-6-4-5-10(9-11)14-21(18,19)15-8-3-2-7-12(15)13(16)17/h10-12,14H,2-9H2,1H3,(H,16,17). The number of thioether (sulfide) groups is 1. The molecule has 0 aromatic heterocycles. The minimum atomic E-state index is -3.72. The van der Waals surface area contributed by atoms with Gasteiger partial charge in [0.2, 0.25) is 0 Å². The first kappa shape index (κ1) is 17.1. The summed E-state index contributed by atoms with van der Waals surface area (Å²) in [4.78, 5) is 11.3. The Morgan fingerprint density at radius 1 is 1.24 bits per heavy atom. The third-order valence-corrected chi connectivity index (χ3v) is 7.10. The van der Waals surface area contributed by atoms with Gasteiger partial charge in [-0.15, -0.1) is 0 Å². The maximum Gasteiger partial charge on any atom is 0.322 e. The quantitative estimate of drug-likeness (QED) is 0.793. The van der Waals surface area contributed by atoms with Gasteiger partial charge in [-0.1, -0.05) is 6.42 Å². The van der Waals surface area contributed by atoms with E-state index in [1.54, 1.807) is 11.8 Å². The average molecular weight is 336 g/mol. The number of carboxylic acid groups (broad SMARTS) is 1. The van der Waals surface area contributed by atoms with Crippen molar-refractivity contribution in [3.63, 3.8) is 0 Å². The summed E-state index contributed by atoms with van der Waals surface area (Å²) in [5.74, 6) is -1.05. The highest BCUT2D eigenvalue weighted by Gasteiger charge is 2.38. The molecule has 0 radical (unpaired) electrons. The Hall–Kier alpha value is -0.310. The molecule has 6 nitrogen and oxygen atoms in total. The van der Waals surface area contributed by atoms with E-state index in [0.29, 0.717) is 18.2 Å². The second kappa shape index (κ2) is 7.30. The summed E-state index contributed by atoms with van der Waals surface area (Å²) >= 11 is 1.77. The number of aliphatic carboxylic acids is 1. The monoisotopic (exact) mass is 336 g/mol. The Bertz CT molecular complexity index is 469. The zero-order valence-corrected chi connectivity index (χ0v) is 14.0. The highest BCUT2D eigenvalue weighted by molar-refractivity contribution is 7.99. The van der Waals surface area contributed by atoms with Gasteiger partial charge in [0, 0.05) is 17.8 Å². The molecule has 1 heterocycles. The number of carbonyl (C=O) groups is 1. The third kappa shape index (κ3) is 4.34. The van der Waals surface area contributed by atoms with Crippen LogP contribution in [0.1, 0.15) is 44.9 Å². The molecule has 3 atom stereocenters. The first-order chi connectivity index (χ1) is 9.94. The summed E-state index contributed by atoms with van der Waals surface area (Å²) in [7, 11) is -3.72. The van der Waals surface area contributed by atoms with Gasteiger partial charge in [0.15, 0.2) is 0 Å². The number of nitrogens with one attached hydrogen (secondary N) is 1. The van der Waals surface area contributed by atoms with E-state index in [-0.39, 0.29) is 6.04 Å². The average Bonchev–Trinajstić information content (AvgIpc) is 2.47. The lowest BCUT2D eigenvalue weighted by atomic mass is 9.96.